The molecule has 4 heteroatoms. The van der Waals surface area contributed by atoms with Gasteiger partial charge in [-0.15, -0.1) is 0 Å². The average molecular weight is 230 g/mol. The molecule has 1 unspecified atom stereocenters. The Morgan fingerprint density at radius 3 is 2.25 bits per heavy atom. The molecule has 16 heavy (non-hydrogen) atoms. The third-order valence-electron chi connectivity index (χ3n) is 2.51. The Morgan fingerprint density at radius 1 is 1.38 bits per heavy atom. The van der Waals surface area contributed by atoms with Crippen molar-refractivity contribution in [2.45, 2.75) is 51.8 Å². The molecule has 0 bridgehead atoms. The highest BCUT2D eigenvalue weighted by Gasteiger charge is 2.15. The van der Waals surface area contributed by atoms with E-state index in [1.165, 1.54) is 25.8 Å². The minimum absolute atomic E-state index is 0.318. The zero-order valence-corrected chi connectivity index (χ0v) is 11.2. The predicted octanol–water partition coefficient (Wildman–Crippen LogP) is 1.61. The van der Waals surface area contributed by atoms with Crippen molar-refractivity contribution < 1.29 is 9.53 Å². The monoisotopic (exact) mass is 230 g/mol. The van der Waals surface area contributed by atoms with E-state index >= 15 is 0 Å². The number of rotatable bonds is 2. The van der Waals surface area contributed by atoms with E-state index in [1.807, 2.05) is 27.8 Å². The number of ether oxygens (including phenoxy) is 1. The standard InChI is InChI=1S/C7H16N2.C5H10O2/c1-8-7-5-3-4-6-9(7)2;1-5(2,3)7-4-6/h7-8H,3-6H2,1-2H3;4H,1-3H3. The van der Waals surface area contributed by atoms with Crippen LogP contribution in [-0.2, 0) is 9.53 Å². The van der Waals surface area contributed by atoms with Crippen LogP contribution in [0.3, 0.4) is 0 Å². The van der Waals surface area contributed by atoms with Crippen molar-refractivity contribution in [3.63, 3.8) is 0 Å². The van der Waals surface area contributed by atoms with Crippen molar-refractivity contribution in [3.05, 3.63) is 0 Å². The van der Waals surface area contributed by atoms with Crippen molar-refractivity contribution in [1.29, 1.82) is 0 Å². The van der Waals surface area contributed by atoms with Crippen molar-refractivity contribution in [1.82, 2.24) is 10.2 Å². The smallest absolute Gasteiger partial charge is 0.293 e. The summed E-state index contributed by atoms with van der Waals surface area (Å²) in [5.41, 5.74) is -0.318. The number of hydrogen-bond acceptors (Lipinski definition) is 4. The molecule has 1 fully saturated rings. The van der Waals surface area contributed by atoms with Crippen LogP contribution in [0.4, 0.5) is 0 Å². The van der Waals surface area contributed by atoms with E-state index < -0.39 is 0 Å². The molecule has 1 saturated heterocycles. The molecule has 0 aromatic rings. The first-order valence-electron chi connectivity index (χ1n) is 5.89. The molecular formula is C12H26N2O2. The summed E-state index contributed by atoms with van der Waals surface area (Å²) in [4.78, 5) is 12.0. The molecule has 0 aliphatic carbocycles. The lowest BCUT2D eigenvalue weighted by molar-refractivity contribution is -0.138. The van der Waals surface area contributed by atoms with Crippen LogP contribution in [0, 0.1) is 0 Å². The summed E-state index contributed by atoms with van der Waals surface area (Å²) in [5.74, 6) is 0. The molecule has 0 spiro atoms. The first kappa shape index (κ1) is 15.4. The van der Waals surface area contributed by atoms with E-state index in [0.717, 1.165) is 0 Å². The Kier molecular flexibility index (Phi) is 7.34. The maximum Gasteiger partial charge on any atom is 0.293 e. The molecule has 96 valence electrons. The SMILES string of the molecule is CC(C)(C)OC=O.CNC1CCCCN1C. The van der Waals surface area contributed by atoms with Gasteiger partial charge in [0.05, 0.1) is 6.17 Å². The van der Waals surface area contributed by atoms with E-state index in [-0.39, 0.29) is 5.60 Å². The molecule has 0 saturated carbocycles. The molecule has 4 nitrogen and oxygen atoms in total. The Hall–Kier alpha value is -0.610. The topological polar surface area (TPSA) is 41.6 Å². The Bertz CT molecular complexity index is 190. The minimum atomic E-state index is -0.318. The molecule has 0 aromatic heterocycles. The molecule has 1 atom stereocenters. The zero-order chi connectivity index (χ0) is 12.6. The van der Waals surface area contributed by atoms with Crippen LogP contribution < -0.4 is 5.32 Å². The van der Waals surface area contributed by atoms with E-state index in [4.69, 9.17) is 0 Å². The fourth-order valence-electron chi connectivity index (χ4n) is 1.58. The maximum atomic E-state index is 9.60. The molecule has 0 radical (unpaired) electrons. The van der Waals surface area contributed by atoms with Crippen molar-refractivity contribution in [2.24, 2.45) is 0 Å². The van der Waals surface area contributed by atoms with Crippen molar-refractivity contribution >= 4 is 6.47 Å². The van der Waals surface area contributed by atoms with Gasteiger partial charge in [0.2, 0.25) is 0 Å². The van der Waals surface area contributed by atoms with Gasteiger partial charge in [0.15, 0.2) is 0 Å². The van der Waals surface area contributed by atoms with Gasteiger partial charge in [0.1, 0.15) is 5.60 Å². The van der Waals surface area contributed by atoms with Crippen LogP contribution in [0.25, 0.3) is 0 Å². The van der Waals surface area contributed by atoms with Crippen LogP contribution >= 0.6 is 0 Å². The number of likely N-dealkylation sites (tertiary alicyclic amines) is 1. The summed E-state index contributed by atoms with van der Waals surface area (Å²) >= 11 is 0. The van der Waals surface area contributed by atoms with E-state index in [0.29, 0.717) is 12.6 Å². The third-order valence-corrected chi connectivity index (χ3v) is 2.51. The van der Waals surface area contributed by atoms with Gasteiger partial charge in [0.25, 0.3) is 6.47 Å². The molecule has 0 aromatic carbocycles. The summed E-state index contributed by atoms with van der Waals surface area (Å²) in [6, 6.07) is 0. The van der Waals surface area contributed by atoms with Gasteiger partial charge in [-0.1, -0.05) is 0 Å². The largest absolute Gasteiger partial charge is 0.462 e. The number of nitrogens with zero attached hydrogens (tertiary/aromatic N) is 1. The normalized spacial score (nSPS) is 21.9. The van der Waals surface area contributed by atoms with Crippen molar-refractivity contribution in [3.8, 4) is 0 Å². The van der Waals surface area contributed by atoms with Crippen molar-refractivity contribution in [2.75, 3.05) is 20.6 Å². The molecule has 1 heterocycles. The number of piperidine rings is 1. The molecule has 1 rings (SSSR count). The molecular weight excluding hydrogens is 204 g/mol. The minimum Gasteiger partial charge on any atom is -0.462 e. The van der Waals surface area contributed by atoms with Gasteiger partial charge < -0.3 is 10.1 Å². The Labute approximate surface area is 99.3 Å². The quantitative estimate of drug-likeness (QED) is 0.732. The molecule has 1 N–H and O–H groups in total. The number of hydrogen-bond donors (Lipinski definition) is 1. The lowest BCUT2D eigenvalue weighted by Gasteiger charge is -2.31. The Morgan fingerprint density at radius 2 is 2.00 bits per heavy atom. The summed E-state index contributed by atoms with van der Waals surface area (Å²) in [5, 5.41) is 3.28. The van der Waals surface area contributed by atoms with Gasteiger partial charge in [-0.25, -0.2) is 0 Å². The van der Waals surface area contributed by atoms with E-state index in [2.05, 4.69) is 22.0 Å². The molecule has 0 amide bonds. The highest BCUT2D eigenvalue weighted by molar-refractivity contribution is 5.37. The number of nitrogens with one attached hydrogen (secondary N) is 1. The molecule has 1 aliphatic rings. The van der Waals surface area contributed by atoms with Crippen LogP contribution in [0.2, 0.25) is 0 Å². The highest BCUT2D eigenvalue weighted by atomic mass is 16.5. The summed E-state index contributed by atoms with van der Waals surface area (Å²) in [7, 11) is 4.22. The van der Waals surface area contributed by atoms with E-state index in [1.54, 1.807) is 0 Å². The summed E-state index contributed by atoms with van der Waals surface area (Å²) in [6.07, 6.45) is 4.70. The molecule has 1 aliphatic heterocycles. The Balaban J connectivity index is 0.000000293. The lowest BCUT2D eigenvalue weighted by atomic mass is 10.1. The van der Waals surface area contributed by atoms with Crippen LogP contribution in [0.5, 0.6) is 0 Å². The van der Waals surface area contributed by atoms with E-state index in [9.17, 15) is 4.79 Å². The average Bonchev–Trinajstić information content (AvgIpc) is 2.17. The first-order chi connectivity index (χ1) is 7.40. The van der Waals surface area contributed by atoms with Gasteiger partial charge in [-0.2, -0.15) is 0 Å². The van der Waals surface area contributed by atoms with Crippen LogP contribution in [-0.4, -0.2) is 43.8 Å². The lowest BCUT2D eigenvalue weighted by Crippen LogP contribution is -2.44. The number of carbonyl (C=O) groups is 1. The first-order valence-corrected chi connectivity index (χ1v) is 5.89. The number of carbonyl (C=O) groups excluding carboxylic acids is 1. The highest BCUT2D eigenvalue weighted by Crippen LogP contribution is 2.11. The summed E-state index contributed by atoms with van der Waals surface area (Å²) < 4.78 is 4.55. The fraction of sp³-hybridized carbons (Fsp3) is 0.917. The summed E-state index contributed by atoms with van der Waals surface area (Å²) in [6.45, 7) is 7.18. The second kappa shape index (κ2) is 7.63. The second-order valence-corrected chi connectivity index (χ2v) is 5.11. The predicted molar refractivity (Wildman–Crippen MR) is 66.2 cm³/mol. The fourth-order valence-corrected chi connectivity index (χ4v) is 1.58. The second-order valence-electron chi connectivity index (χ2n) is 5.11. The third kappa shape index (κ3) is 7.65. The van der Waals surface area contributed by atoms with Crippen LogP contribution in [0.15, 0.2) is 0 Å². The van der Waals surface area contributed by atoms with Gasteiger partial charge >= 0.3 is 0 Å². The zero-order valence-electron chi connectivity index (χ0n) is 11.2. The maximum absolute atomic E-state index is 9.60. The van der Waals surface area contributed by atoms with Gasteiger partial charge in [-0.3, -0.25) is 9.69 Å². The van der Waals surface area contributed by atoms with Crippen LogP contribution in [0.1, 0.15) is 40.0 Å². The van der Waals surface area contributed by atoms with Gasteiger partial charge in [0, 0.05) is 0 Å². The van der Waals surface area contributed by atoms with Gasteiger partial charge in [-0.05, 0) is 60.7 Å².